The average molecular weight is 375 g/mol. The molecule has 0 atom stereocenters. The van der Waals surface area contributed by atoms with E-state index in [1.54, 1.807) is 24.4 Å². The number of aromatic nitrogens is 4. The minimum absolute atomic E-state index is 0.204. The topological polar surface area (TPSA) is 110 Å². The molecule has 0 aliphatic carbocycles. The van der Waals surface area contributed by atoms with Gasteiger partial charge in [-0.1, -0.05) is 18.2 Å². The number of ether oxygens (including phenoxy) is 1. The normalized spacial score (nSPS) is 11.3. The lowest BCUT2D eigenvalue weighted by Gasteiger charge is -2.20. The molecule has 0 unspecified atom stereocenters. The maximum Gasteiger partial charge on any atom is 0.364 e. The van der Waals surface area contributed by atoms with Gasteiger partial charge in [0.15, 0.2) is 0 Å². The molecule has 10 heteroatoms. The van der Waals surface area contributed by atoms with Crippen LogP contribution in [-0.4, -0.2) is 38.4 Å². The standard InChI is InChI=1S/C16H17N5O4S/c1-2-20(10-13-11-21(12-18-13)26(22,23)24)15-8-9-17-16(19-15)25-14-6-4-3-5-7-14/h3-9,11-12H,2,10H2,1H3,(H,22,23,24). The van der Waals surface area contributed by atoms with E-state index in [0.717, 1.165) is 6.33 Å². The van der Waals surface area contributed by atoms with Crippen molar-refractivity contribution in [3.05, 3.63) is 60.8 Å². The lowest BCUT2D eigenvalue weighted by Crippen LogP contribution is -2.23. The summed E-state index contributed by atoms with van der Waals surface area (Å²) in [6, 6.07) is 11.1. The molecule has 0 spiro atoms. The van der Waals surface area contributed by atoms with Crippen LogP contribution in [0.1, 0.15) is 12.6 Å². The van der Waals surface area contributed by atoms with E-state index in [-0.39, 0.29) is 6.01 Å². The van der Waals surface area contributed by atoms with Crippen LogP contribution in [0.3, 0.4) is 0 Å². The quantitative estimate of drug-likeness (QED) is 0.625. The molecule has 0 saturated heterocycles. The highest BCUT2D eigenvalue weighted by atomic mass is 32.2. The summed E-state index contributed by atoms with van der Waals surface area (Å²) in [5.41, 5.74) is 0.466. The van der Waals surface area contributed by atoms with Gasteiger partial charge >= 0.3 is 16.3 Å². The van der Waals surface area contributed by atoms with Crippen LogP contribution >= 0.6 is 0 Å². The largest absolute Gasteiger partial charge is 0.424 e. The van der Waals surface area contributed by atoms with Crippen molar-refractivity contribution in [3.63, 3.8) is 0 Å². The van der Waals surface area contributed by atoms with Gasteiger partial charge in [0.2, 0.25) is 0 Å². The third-order valence-corrected chi connectivity index (χ3v) is 4.24. The second-order valence-corrected chi connectivity index (χ2v) is 6.62. The molecule has 1 N–H and O–H groups in total. The van der Waals surface area contributed by atoms with Crippen LogP contribution in [0.4, 0.5) is 5.82 Å². The van der Waals surface area contributed by atoms with Gasteiger partial charge in [-0.3, -0.25) is 4.55 Å². The molecule has 136 valence electrons. The summed E-state index contributed by atoms with van der Waals surface area (Å²) in [4.78, 5) is 14.3. The number of hydrogen-bond acceptors (Lipinski definition) is 7. The third-order valence-electron chi connectivity index (χ3n) is 3.51. The number of benzene rings is 1. The Kier molecular flexibility index (Phi) is 5.14. The predicted octanol–water partition coefficient (Wildman–Crippen LogP) is 2.14. The minimum atomic E-state index is -4.34. The number of imidazole rings is 1. The number of nitrogens with zero attached hydrogens (tertiary/aromatic N) is 5. The minimum Gasteiger partial charge on any atom is -0.424 e. The number of para-hydroxylation sites is 1. The van der Waals surface area contributed by atoms with Crippen molar-refractivity contribution in [1.29, 1.82) is 0 Å². The third kappa shape index (κ3) is 4.35. The Balaban J connectivity index is 1.77. The van der Waals surface area contributed by atoms with E-state index < -0.39 is 10.3 Å². The average Bonchev–Trinajstić information content (AvgIpc) is 3.10. The Morgan fingerprint density at radius 3 is 2.62 bits per heavy atom. The first-order valence-corrected chi connectivity index (χ1v) is 9.17. The summed E-state index contributed by atoms with van der Waals surface area (Å²) in [6.07, 6.45) is 3.88. The summed E-state index contributed by atoms with van der Waals surface area (Å²) in [6.45, 7) is 2.83. The first kappa shape index (κ1) is 17.8. The second-order valence-electron chi connectivity index (χ2n) is 5.30. The van der Waals surface area contributed by atoms with Gasteiger partial charge in [0.1, 0.15) is 17.9 Å². The highest BCUT2D eigenvalue weighted by Crippen LogP contribution is 2.20. The molecule has 2 aromatic heterocycles. The lowest BCUT2D eigenvalue weighted by molar-refractivity contribution is 0.441. The SMILES string of the molecule is CCN(Cc1cn(S(=O)(=O)O)cn1)c1ccnc(Oc2ccccc2)n1. The number of anilines is 1. The molecule has 2 heterocycles. The van der Waals surface area contributed by atoms with E-state index in [1.807, 2.05) is 30.0 Å². The zero-order valence-electron chi connectivity index (χ0n) is 13.9. The number of rotatable bonds is 7. The monoisotopic (exact) mass is 375 g/mol. The molecule has 0 fully saturated rings. The summed E-state index contributed by atoms with van der Waals surface area (Å²) in [7, 11) is -4.34. The summed E-state index contributed by atoms with van der Waals surface area (Å²) in [5, 5.41) is 0. The maximum atomic E-state index is 11.1. The van der Waals surface area contributed by atoms with Gasteiger partial charge in [-0.05, 0) is 25.1 Å². The fourth-order valence-electron chi connectivity index (χ4n) is 2.25. The smallest absolute Gasteiger partial charge is 0.364 e. The van der Waals surface area contributed by atoms with E-state index in [9.17, 15) is 8.42 Å². The van der Waals surface area contributed by atoms with Crippen molar-refractivity contribution in [2.45, 2.75) is 13.5 Å². The van der Waals surface area contributed by atoms with Gasteiger partial charge in [-0.15, -0.1) is 0 Å². The van der Waals surface area contributed by atoms with E-state index in [1.165, 1.54) is 6.20 Å². The molecule has 0 saturated carbocycles. The van der Waals surface area contributed by atoms with Gasteiger partial charge in [0, 0.05) is 18.9 Å². The van der Waals surface area contributed by atoms with E-state index in [4.69, 9.17) is 9.29 Å². The Hall–Kier alpha value is -2.98. The van der Waals surface area contributed by atoms with Crippen LogP contribution in [0.5, 0.6) is 11.8 Å². The predicted molar refractivity (Wildman–Crippen MR) is 94.4 cm³/mol. The zero-order chi connectivity index (χ0) is 18.6. The van der Waals surface area contributed by atoms with Crippen LogP contribution in [0.2, 0.25) is 0 Å². The maximum absolute atomic E-state index is 11.1. The lowest BCUT2D eigenvalue weighted by atomic mass is 10.3. The van der Waals surface area contributed by atoms with Gasteiger partial charge in [-0.2, -0.15) is 13.4 Å². The van der Waals surface area contributed by atoms with Crippen molar-refractivity contribution in [2.75, 3.05) is 11.4 Å². The summed E-state index contributed by atoms with van der Waals surface area (Å²) >= 11 is 0. The van der Waals surface area contributed by atoms with Crippen LogP contribution in [-0.2, 0) is 16.8 Å². The molecule has 0 amide bonds. The van der Waals surface area contributed by atoms with Crippen molar-refractivity contribution in [1.82, 2.24) is 18.9 Å². The van der Waals surface area contributed by atoms with Crippen molar-refractivity contribution in [2.24, 2.45) is 0 Å². The molecule has 0 radical (unpaired) electrons. The van der Waals surface area contributed by atoms with Crippen LogP contribution < -0.4 is 9.64 Å². The molecule has 0 aliphatic heterocycles. The van der Waals surface area contributed by atoms with Gasteiger partial charge < -0.3 is 9.64 Å². The Labute approximate surface area is 150 Å². The van der Waals surface area contributed by atoms with Crippen molar-refractivity contribution < 1.29 is 17.7 Å². The van der Waals surface area contributed by atoms with Crippen molar-refractivity contribution >= 4 is 16.1 Å². The van der Waals surface area contributed by atoms with E-state index >= 15 is 0 Å². The molecular weight excluding hydrogens is 358 g/mol. The van der Waals surface area contributed by atoms with Crippen molar-refractivity contribution in [3.8, 4) is 11.8 Å². The fourth-order valence-corrected chi connectivity index (χ4v) is 2.68. The van der Waals surface area contributed by atoms with Gasteiger partial charge in [0.25, 0.3) is 0 Å². The van der Waals surface area contributed by atoms with Crippen LogP contribution in [0.25, 0.3) is 0 Å². The second kappa shape index (κ2) is 7.50. The molecule has 0 aliphatic rings. The molecule has 3 aromatic rings. The molecule has 26 heavy (non-hydrogen) atoms. The first-order chi connectivity index (χ1) is 12.5. The summed E-state index contributed by atoms with van der Waals surface area (Å²) in [5.74, 6) is 1.23. The van der Waals surface area contributed by atoms with Gasteiger partial charge in [-0.25, -0.2) is 13.9 Å². The Morgan fingerprint density at radius 2 is 1.96 bits per heavy atom. The van der Waals surface area contributed by atoms with Crippen LogP contribution in [0, 0.1) is 0 Å². The van der Waals surface area contributed by atoms with Gasteiger partial charge in [0.05, 0.1) is 12.2 Å². The Morgan fingerprint density at radius 1 is 1.19 bits per heavy atom. The fraction of sp³-hybridized carbons (Fsp3) is 0.188. The molecule has 3 rings (SSSR count). The molecule has 0 bridgehead atoms. The van der Waals surface area contributed by atoms with Crippen LogP contribution in [0.15, 0.2) is 55.1 Å². The highest BCUT2D eigenvalue weighted by Gasteiger charge is 2.14. The first-order valence-electron chi connectivity index (χ1n) is 7.77. The molecular formula is C16H17N5O4S. The Bertz CT molecular complexity index is 975. The number of hydrogen-bond donors (Lipinski definition) is 1. The summed E-state index contributed by atoms with van der Waals surface area (Å²) < 4.78 is 37.6. The van der Waals surface area contributed by atoms with E-state index in [2.05, 4.69) is 15.0 Å². The molecule has 9 nitrogen and oxygen atoms in total. The zero-order valence-corrected chi connectivity index (χ0v) is 14.7. The molecule has 1 aromatic carbocycles. The highest BCUT2D eigenvalue weighted by molar-refractivity contribution is 7.84. The van der Waals surface area contributed by atoms with E-state index in [0.29, 0.717) is 34.3 Å².